The van der Waals surface area contributed by atoms with Gasteiger partial charge in [0.2, 0.25) is 0 Å². The van der Waals surface area contributed by atoms with Crippen molar-refractivity contribution in [3.05, 3.63) is 58.1 Å². The van der Waals surface area contributed by atoms with Gasteiger partial charge in [0, 0.05) is 10.0 Å². The third-order valence-corrected chi connectivity index (χ3v) is 4.30. The number of rotatable bonds is 7. The van der Waals surface area contributed by atoms with Crippen LogP contribution in [0, 0.1) is 0 Å². The lowest BCUT2D eigenvalue weighted by Gasteiger charge is -2.15. The van der Waals surface area contributed by atoms with E-state index in [1.165, 1.54) is 6.21 Å². The SMILES string of the molecule is CCC(C)c1ccccc1OCC(=O)N/N=C/c1cc(Br)ccc1O. The number of hydrogen-bond donors (Lipinski definition) is 2. The lowest BCUT2D eigenvalue weighted by Crippen LogP contribution is -2.25. The number of halogens is 1. The molecule has 0 fully saturated rings. The Morgan fingerprint density at radius 2 is 2.12 bits per heavy atom. The molecule has 0 bridgehead atoms. The maximum atomic E-state index is 11.9. The van der Waals surface area contributed by atoms with Crippen LogP contribution in [-0.4, -0.2) is 23.8 Å². The van der Waals surface area contributed by atoms with Crippen LogP contribution >= 0.6 is 15.9 Å². The number of hydrogen-bond acceptors (Lipinski definition) is 4. The first-order valence-electron chi connectivity index (χ1n) is 8.03. The summed E-state index contributed by atoms with van der Waals surface area (Å²) in [7, 11) is 0. The number of benzene rings is 2. The third kappa shape index (κ3) is 5.60. The van der Waals surface area contributed by atoms with E-state index in [4.69, 9.17) is 4.74 Å². The van der Waals surface area contributed by atoms with Crippen LogP contribution in [0.1, 0.15) is 37.3 Å². The Labute approximate surface area is 155 Å². The van der Waals surface area contributed by atoms with E-state index >= 15 is 0 Å². The molecule has 132 valence electrons. The Morgan fingerprint density at radius 1 is 1.36 bits per heavy atom. The van der Waals surface area contributed by atoms with Crippen LogP contribution in [0.4, 0.5) is 0 Å². The van der Waals surface area contributed by atoms with E-state index in [0.29, 0.717) is 17.2 Å². The molecule has 0 radical (unpaired) electrons. The first-order chi connectivity index (χ1) is 12.0. The molecule has 1 amide bonds. The molecular formula is C19H21BrN2O3. The van der Waals surface area contributed by atoms with Crippen molar-refractivity contribution >= 4 is 28.1 Å². The molecule has 25 heavy (non-hydrogen) atoms. The zero-order chi connectivity index (χ0) is 18.2. The summed E-state index contributed by atoms with van der Waals surface area (Å²) in [6.45, 7) is 4.10. The molecule has 0 spiro atoms. The second-order valence-corrected chi connectivity index (χ2v) is 6.55. The standard InChI is InChI=1S/C19H21BrN2O3/c1-3-13(2)16-6-4-5-7-18(16)25-12-19(24)22-21-11-14-10-15(20)8-9-17(14)23/h4-11,13,23H,3,12H2,1-2H3,(H,22,24)/b21-11+. The molecule has 0 heterocycles. The first kappa shape index (κ1) is 19.0. The highest BCUT2D eigenvalue weighted by Gasteiger charge is 2.10. The fourth-order valence-electron chi connectivity index (χ4n) is 2.22. The summed E-state index contributed by atoms with van der Waals surface area (Å²) in [6, 6.07) is 12.7. The molecule has 0 aliphatic rings. The maximum Gasteiger partial charge on any atom is 0.277 e. The Kier molecular flexibility index (Phi) is 7.01. The van der Waals surface area contributed by atoms with Crippen LogP contribution in [0.15, 0.2) is 52.0 Å². The van der Waals surface area contributed by atoms with Gasteiger partial charge in [0.05, 0.1) is 6.21 Å². The highest BCUT2D eigenvalue weighted by molar-refractivity contribution is 9.10. The zero-order valence-corrected chi connectivity index (χ0v) is 15.8. The van der Waals surface area contributed by atoms with Gasteiger partial charge in [-0.15, -0.1) is 0 Å². The van der Waals surface area contributed by atoms with Crippen molar-refractivity contribution in [1.82, 2.24) is 5.43 Å². The van der Waals surface area contributed by atoms with Crippen LogP contribution in [0.3, 0.4) is 0 Å². The van der Waals surface area contributed by atoms with Crippen LogP contribution in [0.5, 0.6) is 11.5 Å². The second-order valence-electron chi connectivity index (χ2n) is 5.63. The Hall–Kier alpha value is -2.34. The predicted molar refractivity (Wildman–Crippen MR) is 102 cm³/mol. The van der Waals surface area contributed by atoms with Crippen molar-refractivity contribution < 1.29 is 14.6 Å². The fourth-order valence-corrected chi connectivity index (χ4v) is 2.60. The topological polar surface area (TPSA) is 70.9 Å². The molecular weight excluding hydrogens is 384 g/mol. The number of carbonyl (C=O) groups is 1. The summed E-state index contributed by atoms with van der Waals surface area (Å²) < 4.78 is 6.43. The largest absolute Gasteiger partial charge is 0.507 e. The lowest BCUT2D eigenvalue weighted by atomic mass is 9.98. The molecule has 6 heteroatoms. The average molecular weight is 405 g/mol. The van der Waals surface area contributed by atoms with E-state index < -0.39 is 0 Å². The summed E-state index contributed by atoms with van der Waals surface area (Å²) in [4.78, 5) is 11.9. The van der Waals surface area contributed by atoms with Gasteiger partial charge in [-0.3, -0.25) is 4.79 Å². The van der Waals surface area contributed by atoms with Gasteiger partial charge in [0.25, 0.3) is 5.91 Å². The summed E-state index contributed by atoms with van der Waals surface area (Å²) in [6.07, 6.45) is 2.37. The molecule has 2 aromatic rings. The minimum atomic E-state index is -0.371. The number of hydrazone groups is 1. The molecule has 2 N–H and O–H groups in total. The summed E-state index contributed by atoms with van der Waals surface area (Å²) >= 11 is 3.31. The smallest absolute Gasteiger partial charge is 0.277 e. The zero-order valence-electron chi connectivity index (χ0n) is 14.2. The molecule has 0 saturated carbocycles. The number of phenolic OH excluding ortho intramolecular Hbond substituents is 1. The van der Waals surface area contributed by atoms with Gasteiger partial charge < -0.3 is 9.84 Å². The number of phenols is 1. The van der Waals surface area contributed by atoms with Crippen molar-refractivity contribution in [1.29, 1.82) is 0 Å². The van der Waals surface area contributed by atoms with Gasteiger partial charge >= 0.3 is 0 Å². The van der Waals surface area contributed by atoms with E-state index in [1.807, 2.05) is 24.3 Å². The van der Waals surface area contributed by atoms with Crippen molar-refractivity contribution in [2.45, 2.75) is 26.2 Å². The van der Waals surface area contributed by atoms with Crippen LogP contribution < -0.4 is 10.2 Å². The Bertz CT molecular complexity index is 762. The number of aromatic hydroxyl groups is 1. The van der Waals surface area contributed by atoms with E-state index in [0.717, 1.165) is 16.5 Å². The van der Waals surface area contributed by atoms with Gasteiger partial charge in [-0.2, -0.15) is 5.10 Å². The minimum Gasteiger partial charge on any atom is -0.507 e. The molecule has 1 atom stereocenters. The predicted octanol–water partition coefficient (Wildman–Crippen LogP) is 4.20. The molecule has 2 rings (SSSR count). The lowest BCUT2D eigenvalue weighted by molar-refractivity contribution is -0.123. The molecule has 0 aromatic heterocycles. The monoisotopic (exact) mass is 404 g/mol. The summed E-state index contributed by atoms with van der Waals surface area (Å²) in [5.41, 5.74) is 3.97. The molecule has 0 aliphatic heterocycles. The van der Waals surface area contributed by atoms with Crippen molar-refractivity contribution in [3.8, 4) is 11.5 Å². The number of amides is 1. The Morgan fingerprint density at radius 3 is 2.88 bits per heavy atom. The number of ether oxygens (including phenoxy) is 1. The maximum absolute atomic E-state index is 11.9. The van der Waals surface area contributed by atoms with E-state index in [9.17, 15) is 9.90 Å². The minimum absolute atomic E-state index is 0.0833. The number of carbonyl (C=O) groups excluding carboxylic acids is 1. The quantitative estimate of drug-likeness (QED) is 0.536. The van der Waals surface area contributed by atoms with Gasteiger partial charge in [-0.25, -0.2) is 5.43 Å². The van der Waals surface area contributed by atoms with Crippen molar-refractivity contribution in [2.75, 3.05) is 6.61 Å². The van der Waals surface area contributed by atoms with Crippen molar-refractivity contribution in [3.63, 3.8) is 0 Å². The van der Waals surface area contributed by atoms with Crippen molar-refractivity contribution in [2.24, 2.45) is 5.10 Å². The van der Waals surface area contributed by atoms with Crippen LogP contribution in [-0.2, 0) is 4.79 Å². The third-order valence-electron chi connectivity index (χ3n) is 3.80. The second kappa shape index (κ2) is 9.22. The van der Waals surface area contributed by atoms with Crippen LogP contribution in [0.25, 0.3) is 0 Å². The Balaban J connectivity index is 1.91. The molecule has 1 unspecified atom stereocenters. The highest BCUT2D eigenvalue weighted by atomic mass is 79.9. The van der Waals surface area contributed by atoms with Crippen LogP contribution in [0.2, 0.25) is 0 Å². The first-order valence-corrected chi connectivity index (χ1v) is 8.82. The van der Waals surface area contributed by atoms with Gasteiger partial charge in [0.1, 0.15) is 11.5 Å². The number of nitrogens with zero attached hydrogens (tertiary/aromatic N) is 1. The van der Waals surface area contributed by atoms with Gasteiger partial charge in [-0.05, 0) is 42.2 Å². The van der Waals surface area contributed by atoms with E-state index in [-0.39, 0.29) is 18.3 Å². The molecule has 0 saturated heterocycles. The van der Waals surface area contributed by atoms with Gasteiger partial charge in [-0.1, -0.05) is 48.0 Å². The number of para-hydroxylation sites is 1. The van der Waals surface area contributed by atoms with E-state index in [1.54, 1.807) is 18.2 Å². The normalized spacial score (nSPS) is 12.1. The van der Waals surface area contributed by atoms with Gasteiger partial charge in [0.15, 0.2) is 6.61 Å². The fraction of sp³-hybridized carbons (Fsp3) is 0.263. The van der Waals surface area contributed by atoms with E-state index in [2.05, 4.69) is 40.3 Å². The molecule has 5 nitrogen and oxygen atoms in total. The average Bonchev–Trinajstić information content (AvgIpc) is 2.62. The number of nitrogens with one attached hydrogen (secondary N) is 1. The molecule has 2 aromatic carbocycles. The highest BCUT2D eigenvalue weighted by Crippen LogP contribution is 2.28. The summed E-state index contributed by atoms with van der Waals surface area (Å²) in [5, 5.41) is 13.6. The molecule has 0 aliphatic carbocycles. The summed E-state index contributed by atoms with van der Waals surface area (Å²) in [5.74, 6) is 0.780.